The van der Waals surface area contributed by atoms with E-state index in [0.717, 1.165) is 19.3 Å². The van der Waals surface area contributed by atoms with Crippen LogP contribution in [0.3, 0.4) is 0 Å². The van der Waals surface area contributed by atoms with E-state index in [-0.39, 0.29) is 23.9 Å². The Morgan fingerprint density at radius 1 is 1.22 bits per heavy atom. The van der Waals surface area contributed by atoms with E-state index < -0.39 is 6.23 Å². The second kappa shape index (κ2) is 8.48. The molecule has 108 valence electrons. The molecule has 0 aromatic rings. The molecule has 4 heteroatoms. The highest BCUT2D eigenvalue weighted by Gasteiger charge is 2.32. The number of aliphatic hydroxyl groups excluding tert-OH is 1. The average Bonchev–Trinajstić information content (AvgIpc) is 2.28. The number of amides is 1. The summed E-state index contributed by atoms with van der Waals surface area (Å²) < 4.78 is 0. The van der Waals surface area contributed by atoms with E-state index in [1.165, 1.54) is 0 Å². The molecule has 2 N–H and O–H groups in total. The summed E-state index contributed by atoms with van der Waals surface area (Å²) in [5.41, 5.74) is 0. The van der Waals surface area contributed by atoms with Gasteiger partial charge in [-0.15, -0.1) is 0 Å². The number of nitrogens with zero attached hydrogens (tertiary/aromatic N) is 1. The average molecular weight is 258 g/mol. The van der Waals surface area contributed by atoms with Crippen molar-refractivity contribution in [3.05, 3.63) is 0 Å². The van der Waals surface area contributed by atoms with Crippen LogP contribution in [-0.2, 0) is 4.79 Å². The molecule has 0 aromatic carbocycles. The standard InChI is InChI=1S/C14H30N2O2/c1-7-8-9-12(13(17)15-6)14(18)16(10(2)3)11(4)5/h10-12,14,18H,7-9H2,1-6H3,(H,15,17). The molecule has 0 aliphatic heterocycles. The van der Waals surface area contributed by atoms with Crippen LogP contribution in [-0.4, -0.2) is 41.3 Å². The Hall–Kier alpha value is -0.610. The number of nitrogens with one attached hydrogen (secondary N) is 1. The number of aliphatic hydroxyl groups is 1. The molecule has 0 bridgehead atoms. The molecule has 0 fully saturated rings. The molecule has 4 nitrogen and oxygen atoms in total. The third kappa shape index (κ3) is 4.94. The van der Waals surface area contributed by atoms with Gasteiger partial charge in [-0.3, -0.25) is 9.69 Å². The molecule has 0 spiro atoms. The fourth-order valence-corrected chi connectivity index (χ4v) is 2.44. The third-order valence-electron chi connectivity index (χ3n) is 3.31. The van der Waals surface area contributed by atoms with Crippen LogP contribution < -0.4 is 5.32 Å². The Balaban J connectivity index is 4.89. The highest BCUT2D eigenvalue weighted by atomic mass is 16.3. The maximum atomic E-state index is 11.9. The minimum Gasteiger partial charge on any atom is -0.378 e. The van der Waals surface area contributed by atoms with Crippen molar-refractivity contribution in [2.24, 2.45) is 5.92 Å². The van der Waals surface area contributed by atoms with Gasteiger partial charge in [0.05, 0.1) is 5.92 Å². The van der Waals surface area contributed by atoms with Crippen molar-refractivity contribution < 1.29 is 9.90 Å². The van der Waals surface area contributed by atoms with Crippen molar-refractivity contribution in [3.63, 3.8) is 0 Å². The first kappa shape index (κ1) is 17.4. The van der Waals surface area contributed by atoms with E-state index in [1.54, 1.807) is 7.05 Å². The summed E-state index contributed by atoms with van der Waals surface area (Å²) in [5.74, 6) is -0.415. The summed E-state index contributed by atoms with van der Waals surface area (Å²) in [5, 5.41) is 13.2. The molecule has 2 atom stereocenters. The van der Waals surface area contributed by atoms with E-state index in [0.29, 0.717) is 0 Å². The molecule has 0 aromatic heterocycles. The van der Waals surface area contributed by atoms with Crippen LogP contribution in [0, 0.1) is 5.92 Å². The van der Waals surface area contributed by atoms with Gasteiger partial charge in [-0.25, -0.2) is 0 Å². The fourth-order valence-electron chi connectivity index (χ4n) is 2.44. The third-order valence-corrected chi connectivity index (χ3v) is 3.31. The highest BCUT2D eigenvalue weighted by Crippen LogP contribution is 2.21. The Bertz CT molecular complexity index is 234. The predicted molar refractivity (Wildman–Crippen MR) is 75.2 cm³/mol. The SMILES string of the molecule is CCCCC(C(=O)NC)C(O)N(C(C)C)C(C)C. The minimum atomic E-state index is -0.712. The Kier molecular flexibility index (Phi) is 8.20. The lowest BCUT2D eigenvalue weighted by Gasteiger charge is -2.38. The number of carbonyl (C=O) groups is 1. The minimum absolute atomic E-state index is 0.0674. The van der Waals surface area contributed by atoms with E-state index >= 15 is 0 Å². The van der Waals surface area contributed by atoms with Gasteiger partial charge in [0, 0.05) is 19.1 Å². The van der Waals surface area contributed by atoms with Crippen LogP contribution in [0.2, 0.25) is 0 Å². The maximum Gasteiger partial charge on any atom is 0.226 e. The highest BCUT2D eigenvalue weighted by molar-refractivity contribution is 5.78. The van der Waals surface area contributed by atoms with Gasteiger partial charge < -0.3 is 10.4 Å². The predicted octanol–water partition coefficient (Wildman–Crippen LogP) is 1.98. The van der Waals surface area contributed by atoms with Gasteiger partial charge in [-0.2, -0.15) is 0 Å². The molecule has 2 unspecified atom stereocenters. The fraction of sp³-hybridized carbons (Fsp3) is 0.929. The molecule has 0 heterocycles. The number of rotatable bonds is 8. The topological polar surface area (TPSA) is 52.6 Å². The van der Waals surface area contributed by atoms with Gasteiger partial charge in [0.2, 0.25) is 5.91 Å². The van der Waals surface area contributed by atoms with Crippen molar-refractivity contribution in [1.82, 2.24) is 10.2 Å². The molecule has 0 saturated heterocycles. The number of unbranched alkanes of at least 4 members (excludes halogenated alkanes) is 1. The number of carbonyl (C=O) groups excluding carboxylic acids is 1. The van der Waals surface area contributed by atoms with E-state index in [2.05, 4.69) is 12.2 Å². The van der Waals surface area contributed by atoms with Gasteiger partial charge in [0.25, 0.3) is 0 Å². The van der Waals surface area contributed by atoms with Gasteiger partial charge in [0.1, 0.15) is 6.23 Å². The lowest BCUT2D eigenvalue weighted by molar-refractivity contribution is -0.138. The first-order chi connectivity index (χ1) is 8.36. The van der Waals surface area contributed by atoms with E-state index in [1.807, 2.05) is 32.6 Å². The normalized spacial score (nSPS) is 15.2. The van der Waals surface area contributed by atoms with E-state index in [9.17, 15) is 9.90 Å². The molecule has 0 saturated carbocycles. The zero-order valence-corrected chi connectivity index (χ0v) is 12.7. The van der Waals surface area contributed by atoms with Crippen LogP contribution in [0.1, 0.15) is 53.9 Å². The zero-order valence-electron chi connectivity index (χ0n) is 12.7. The quantitative estimate of drug-likeness (QED) is 0.655. The first-order valence-corrected chi connectivity index (χ1v) is 7.03. The summed E-state index contributed by atoms with van der Waals surface area (Å²) in [6, 6.07) is 0.433. The van der Waals surface area contributed by atoms with Gasteiger partial charge in [-0.1, -0.05) is 19.8 Å². The number of hydrogen-bond donors (Lipinski definition) is 2. The second-order valence-electron chi connectivity index (χ2n) is 5.41. The van der Waals surface area contributed by atoms with Crippen molar-refractivity contribution in [2.45, 2.75) is 72.2 Å². The maximum absolute atomic E-state index is 11.9. The molecule has 18 heavy (non-hydrogen) atoms. The second-order valence-corrected chi connectivity index (χ2v) is 5.41. The summed E-state index contributed by atoms with van der Waals surface area (Å²) in [7, 11) is 1.63. The van der Waals surface area contributed by atoms with Crippen molar-refractivity contribution in [1.29, 1.82) is 0 Å². The summed E-state index contributed by atoms with van der Waals surface area (Å²) in [4.78, 5) is 13.9. The molecular formula is C14H30N2O2. The number of hydrogen-bond acceptors (Lipinski definition) is 3. The van der Waals surface area contributed by atoms with Gasteiger partial charge in [0.15, 0.2) is 0 Å². The first-order valence-electron chi connectivity index (χ1n) is 7.03. The van der Waals surface area contributed by atoms with Crippen molar-refractivity contribution in [3.8, 4) is 0 Å². The lowest BCUT2D eigenvalue weighted by atomic mass is 9.97. The van der Waals surface area contributed by atoms with Gasteiger partial charge in [-0.05, 0) is 34.1 Å². The van der Waals surface area contributed by atoms with Crippen LogP contribution in [0.25, 0.3) is 0 Å². The van der Waals surface area contributed by atoms with Crippen molar-refractivity contribution >= 4 is 5.91 Å². The van der Waals surface area contributed by atoms with Crippen LogP contribution in [0.5, 0.6) is 0 Å². The van der Waals surface area contributed by atoms with E-state index in [4.69, 9.17) is 0 Å². The molecular weight excluding hydrogens is 228 g/mol. The Morgan fingerprint density at radius 2 is 1.72 bits per heavy atom. The molecule has 0 aliphatic carbocycles. The molecule has 1 amide bonds. The largest absolute Gasteiger partial charge is 0.378 e. The molecule has 0 aliphatic rings. The summed E-state index contributed by atoms with van der Waals surface area (Å²) in [6.07, 6.45) is 2.01. The zero-order chi connectivity index (χ0) is 14.3. The van der Waals surface area contributed by atoms with Gasteiger partial charge >= 0.3 is 0 Å². The van der Waals surface area contributed by atoms with Crippen LogP contribution in [0.4, 0.5) is 0 Å². The molecule has 0 radical (unpaired) electrons. The Morgan fingerprint density at radius 3 is 2.06 bits per heavy atom. The summed E-state index contributed by atoms with van der Waals surface area (Å²) >= 11 is 0. The van der Waals surface area contributed by atoms with Crippen LogP contribution in [0.15, 0.2) is 0 Å². The smallest absolute Gasteiger partial charge is 0.226 e. The Labute approximate surface area is 112 Å². The lowest BCUT2D eigenvalue weighted by Crippen LogP contribution is -2.52. The molecule has 0 rings (SSSR count). The van der Waals surface area contributed by atoms with Crippen molar-refractivity contribution in [2.75, 3.05) is 7.05 Å². The monoisotopic (exact) mass is 258 g/mol. The van der Waals surface area contributed by atoms with Crippen LogP contribution >= 0.6 is 0 Å². The summed E-state index contributed by atoms with van der Waals surface area (Å²) in [6.45, 7) is 10.3.